The Morgan fingerprint density at radius 3 is 2.75 bits per heavy atom. The van der Waals surface area contributed by atoms with Crippen molar-refractivity contribution in [2.75, 3.05) is 12.3 Å². The second-order valence-corrected chi connectivity index (χ2v) is 5.52. The maximum atomic E-state index is 5.73. The first-order valence-corrected chi connectivity index (χ1v) is 6.93. The van der Waals surface area contributed by atoms with Crippen molar-refractivity contribution in [3.63, 3.8) is 0 Å². The van der Waals surface area contributed by atoms with Crippen molar-refractivity contribution in [2.24, 2.45) is 11.7 Å². The molecule has 0 bridgehead atoms. The third-order valence-corrected chi connectivity index (χ3v) is 3.18. The summed E-state index contributed by atoms with van der Waals surface area (Å²) in [4.78, 5) is 4.39. The molecule has 5 heteroatoms. The normalized spacial score (nSPS) is 13.3. The highest BCUT2D eigenvalue weighted by Crippen LogP contribution is 2.21. The molecule has 0 spiro atoms. The van der Waals surface area contributed by atoms with E-state index >= 15 is 0 Å². The molecule has 0 aliphatic carbocycles. The van der Waals surface area contributed by atoms with Crippen molar-refractivity contribution >= 4 is 11.8 Å². The first kappa shape index (κ1) is 13.5. The number of hydrogen-bond donors (Lipinski definition) is 1. The van der Waals surface area contributed by atoms with E-state index in [9.17, 15) is 0 Å². The van der Waals surface area contributed by atoms with E-state index < -0.39 is 0 Å². The van der Waals surface area contributed by atoms with Crippen LogP contribution in [0.4, 0.5) is 0 Å². The van der Waals surface area contributed by atoms with Gasteiger partial charge in [-0.15, -0.1) is 0 Å². The molecule has 92 valence electrons. The summed E-state index contributed by atoms with van der Waals surface area (Å²) in [5, 5.41) is 3.97. The van der Waals surface area contributed by atoms with E-state index in [4.69, 9.17) is 10.3 Å². The predicted molar refractivity (Wildman–Crippen MR) is 67.4 cm³/mol. The first-order chi connectivity index (χ1) is 7.67. The molecule has 16 heavy (non-hydrogen) atoms. The number of aromatic nitrogens is 2. The summed E-state index contributed by atoms with van der Waals surface area (Å²) in [7, 11) is 0. The molecule has 1 aromatic heterocycles. The fourth-order valence-electron chi connectivity index (χ4n) is 1.55. The van der Waals surface area contributed by atoms with Gasteiger partial charge in [0, 0.05) is 6.54 Å². The van der Waals surface area contributed by atoms with Gasteiger partial charge in [-0.3, -0.25) is 0 Å². The summed E-state index contributed by atoms with van der Waals surface area (Å²) in [6.07, 6.45) is 0.999. The highest BCUT2D eigenvalue weighted by Gasteiger charge is 2.18. The maximum Gasteiger partial charge on any atom is 0.231 e. The van der Waals surface area contributed by atoms with Crippen molar-refractivity contribution in [3.05, 3.63) is 11.7 Å². The van der Waals surface area contributed by atoms with Gasteiger partial charge in [-0.25, -0.2) is 0 Å². The third-order valence-electron chi connectivity index (χ3n) is 2.31. The molecule has 1 atom stereocenters. The van der Waals surface area contributed by atoms with E-state index in [1.807, 2.05) is 0 Å². The molecule has 4 nitrogen and oxygen atoms in total. The zero-order valence-corrected chi connectivity index (χ0v) is 11.1. The van der Waals surface area contributed by atoms with Gasteiger partial charge in [0.2, 0.25) is 5.89 Å². The zero-order chi connectivity index (χ0) is 12.0. The Labute approximate surface area is 101 Å². The van der Waals surface area contributed by atoms with E-state index in [1.54, 1.807) is 11.8 Å². The van der Waals surface area contributed by atoms with Crippen molar-refractivity contribution in [2.45, 2.75) is 38.9 Å². The van der Waals surface area contributed by atoms with E-state index in [1.165, 1.54) is 0 Å². The Kier molecular flexibility index (Phi) is 5.84. The topological polar surface area (TPSA) is 64.9 Å². The Bertz CT molecular complexity index is 301. The Morgan fingerprint density at radius 2 is 2.19 bits per heavy atom. The van der Waals surface area contributed by atoms with Crippen molar-refractivity contribution in [1.29, 1.82) is 0 Å². The number of nitrogens with two attached hydrogens (primary N) is 1. The SMILES string of the molecule is CCSCc1noc(C(CN)CC(C)C)n1. The lowest BCUT2D eigenvalue weighted by Gasteiger charge is -2.11. The Morgan fingerprint density at radius 1 is 1.44 bits per heavy atom. The summed E-state index contributed by atoms with van der Waals surface area (Å²) < 4.78 is 5.26. The van der Waals surface area contributed by atoms with Crippen LogP contribution in [0.15, 0.2) is 4.52 Å². The van der Waals surface area contributed by atoms with E-state index in [-0.39, 0.29) is 5.92 Å². The summed E-state index contributed by atoms with van der Waals surface area (Å²) in [5.74, 6) is 4.16. The largest absolute Gasteiger partial charge is 0.339 e. The minimum Gasteiger partial charge on any atom is -0.339 e. The standard InChI is InChI=1S/C11H21N3OS/c1-4-16-7-10-13-11(15-14-10)9(6-12)5-8(2)3/h8-9H,4-7,12H2,1-3H3. The predicted octanol–water partition coefficient (Wildman–Crippen LogP) is 2.41. The lowest BCUT2D eigenvalue weighted by atomic mass is 9.97. The van der Waals surface area contributed by atoms with Gasteiger partial charge in [-0.05, 0) is 18.1 Å². The van der Waals surface area contributed by atoms with Crippen LogP contribution in [0.5, 0.6) is 0 Å². The average Bonchev–Trinajstić information content (AvgIpc) is 2.71. The van der Waals surface area contributed by atoms with Crippen molar-refractivity contribution < 1.29 is 4.52 Å². The highest BCUT2D eigenvalue weighted by molar-refractivity contribution is 7.98. The minimum absolute atomic E-state index is 0.202. The van der Waals surface area contributed by atoms with Crippen molar-refractivity contribution in [1.82, 2.24) is 10.1 Å². The molecule has 0 aliphatic rings. The summed E-state index contributed by atoms with van der Waals surface area (Å²) in [6.45, 7) is 7.04. The van der Waals surface area contributed by atoms with Crippen LogP contribution in [-0.2, 0) is 5.75 Å². The van der Waals surface area contributed by atoms with Crippen LogP contribution in [0.1, 0.15) is 44.8 Å². The quantitative estimate of drug-likeness (QED) is 0.796. The summed E-state index contributed by atoms with van der Waals surface area (Å²) >= 11 is 1.79. The monoisotopic (exact) mass is 243 g/mol. The summed E-state index contributed by atoms with van der Waals surface area (Å²) in [5.41, 5.74) is 5.73. The smallest absolute Gasteiger partial charge is 0.231 e. The van der Waals surface area contributed by atoms with Gasteiger partial charge in [0.05, 0.1) is 11.7 Å². The van der Waals surface area contributed by atoms with Crippen molar-refractivity contribution in [3.8, 4) is 0 Å². The Hall–Kier alpha value is -0.550. The van der Waals surface area contributed by atoms with Gasteiger partial charge in [-0.2, -0.15) is 16.7 Å². The van der Waals surface area contributed by atoms with Crippen LogP contribution in [0.25, 0.3) is 0 Å². The summed E-state index contributed by atoms with van der Waals surface area (Å²) in [6, 6.07) is 0. The maximum absolute atomic E-state index is 5.73. The fraction of sp³-hybridized carbons (Fsp3) is 0.818. The minimum atomic E-state index is 0.202. The molecular formula is C11H21N3OS. The molecule has 1 unspecified atom stereocenters. The molecular weight excluding hydrogens is 222 g/mol. The number of thioether (sulfide) groups is 1. The van der Waals surface area contributed by atoms with Gasteiger partial charge in [0.25, 0.3) is 0 Å². The van der Waals surface area contributed by atoms with Gasteiger partial charge < -0.3 is 10.3 Å². The fourth-order valence-corrected chi connectivity index (χ4v) is 2.06. The van der Waals surface area contributed by atoms with Crippen LogP contribution >= 0.6 is 11.8 Å². The molecule has 0 radical (unpaired) electrons. The van der Waals surface area contributed by atoms with Crippen LogP contribution in [0.3, 0.4) is 0 Å². The molecule has 1 aromatic rings. The van der Waals surface area contributed by atoms with Gasteiger partial charge in [-0.1, -0.05) is 25.9 Å². The Balaban J connectivity index is 2.59. The lowest BCUT2D eigenvalue weighted by Crippen LogP contribution is -2.15. The lowest BCUT2D eigenvalue weighted by molar-refractivity contribution is 0.332. The molecule has 0 fully saturated rings. The number of hydrogen-bond acceptors (Lipinski definition) is 5. The number of rotatable bonds is 7. The molecule has 0 saturated carbocycles. The van der Waals surface area contributed by atoms with Gasteiger partial charge in [0.1, 0.15) is 0 Å². The molecule has 2 N–H and O–H groups in total. The highest BCUT2D eigenvalue weighted by atomic mass is 32.2. The molecule has 0 amide bonds. The van der Waals surface area contributed by atoms with E-state index in [2.05, 4.69) is 30.9 Å². The second kappa shape index (κ2) is 6.91. The number of nitrogens with zero attached hydrogens (tertiary/aromatic N) is 2. The van der Waals surface area contributed by atoms with Crippen LogP contribution in [-0.4, -0.2) is 22.4 Å². The average molecular weight is 243 g/mol. The molecule has 0 saturated heterocycles. The van der Waals surface area contributed by atoms with E-state index in [0.29, 0.717) is 18.4 Å². The molecule has 0 aliphatic heterocycles. The first-order valence-electron chi connectivity index (χ1n) is 5.77. The molecule has 1 heterocycles. The van der Waals surface area contributed by atoms with E-state index in [0.717, 1.165) is 23.8 Å². The molecule has 1 rings (SSSR count). The van der Waals surface area contributed by atoms with Crippen LogP contribution in [0.2, 0.25) is 0 Å². The second-order valence-electron chi connectivity index (χ2n) is 4.25. The van der Waals surface area contributed by atoms with Gasteiger partial charge in [0.15, 0.2) is 5.82 Å². The molecule has 0 aromatic carbocycles. The van der Waals surface area contributed by atoms with Gasteiger partial charge >= 0.3 is 0 Å². The van der Waals surface area contributed by atoms with Crippen LogP contribution in [0, 0.1) is 5.92 Å². The zero-order valence-electron chi connectivity index (χ0n) is 10.3. The third kappa shape index (κ3) is 4.14. The van der Waals surface area contributed by atoms with Crippen LogP contribution < -0.4 is 5.73 Å².